The zero-order valence-corrected chi connectivity index (χ0v) is 24.1. The molecule has 1 saturated carbocycles. The van der Waals surface area contributed by atoms with Gasteiger partial charge in [-0.3, -0.25) is 9.69 Å². The Balaban J connectivity index is 1.32. The predicted octanol–water partition coefficient (Wildman–Crippen LogP) is 7.16. The van der Waals surface area contributed by atoms with Crippen molar-refractivity contribution in [3.63, 3.8) is 0 Å². The van der Waals surface area contributed by atoms with Gasteiger partial charge in [-0.1, -0.05) is 37.3 Å². The van der Waals surface area contributed by atoms with Crippen LogP contribution in [0.25, 0.3) is 11.1 Å². The smallest absolute Gasteiger partial charge is 0.306 e. The lowest BCUT2D eigenvalue weighted by atomic mass is 9.82. The number of nitrogens with zero attached hydrogens (tertiary/aromatic N) is 2. The second kappa shape index (κ2) is 11.4. The number of carboxylic acids is 1. The van der Waals surface area contributed by atoms with E-state index in [1.807, 2.05) is 13.0 Å². The van der Waals surface area contributed by atoms with Crippen molar-refractivity contribution in [1.29, 1.82) is 0 Å². The number of halogens is 1. The Morgan fingerprint density at radius 1 is 1.15 bits per heavy atom. The van der Waals surface area contributed by atoms with Gasteiger partial charge in [0.15, 0.2) is 0 Å². The monoisotopic (exact) mass is 558 g/mol. The molecule has 1 N–H and O–H groups in total. The molecule has 4 atom stereocenters. The van der Waals surface area contributed by atoms with Gasteiger partial charge in [0.1, 0.15) is 17.7 Å². The van der Waals surface area contributed by atoms with E-state index < -0.39 is 11.9 Å². The van der Waals surface area contributed by atoms with E-state index in [2.05, 4.69) is 47.1 Å². The molecule has 2 aromatic carbocycles. The summed E-state index contributed by atoms with van der Waals surface area (Å²) >= 11 is 0. The minimum Gasteiger partial charge on any atom is -0.485 e. The van der Waals surface area contributed by atoms with Crippen LogP contribution < -0.4 is 9.47 Å². The van der Waals surface area contributed by atoms with Crippen molar-refractivity contribution in [2.75, 3.05) is 13.7 Å². The molecule has 1 aliphatic carbocycles. The first-order chi connectivity index (χ1) is 19.8. The maximum Gasteiger partial charge on any atom is 0.306 e. The van der Waals surface area contributed by atoms with Gasteiger partial charge in [0.25, 0.3) is 0 Å². The van der Waals surface area contributed by atoms with Crippen LogP contribution in [0.5, 0.6) is 11.6 Å². The minimum atomic E-state index is -0.749. The van der Waals surface area contributed by atoms with Crippen molar-refractivity contribution in [2.45, 2.75) is 77.0 Å². The molecule has 6 nitrogen and oxygen atoms in total. The zero-order valence-electron chi connectivity index (χ0n) is 24.1. The van der Waals surface area contributed by atoms with Crippen molar-refractivity contribution in [1.82, 2.24) is 9.88 Å². The quantitative estimate of drug-likeness (QED) is 0.300. The molecule has 6 rings (SSSR count). The lowest BCUT2D eigenvalue weighted by Crippen LogP contribution is -2.26. The fourth-order valence-electron chi connectivity index (χ4n) is 6.80. The number of aromatic nitrogens is 1. The van der Waals surface area contributed by atoms with Crippen molar-refractivity contribution < 1.29 is 23.8 Å². The number of hydrogen-bond donors (Lipinski definition) is 1. The highest BCUT2D eigenvalue weighted by atomic mass is 19.1. The molecule has 0 amide bonds. The summed E-state index contributed by atoms with van der Waals surface area (Å²) in [6.45, 7) is 5.84. The minimum absolute atomic E-state index is 0.00219. The normalized spacial score (nSPS) is 22.0. The molecule has 0 bridgehead atoms. The number of pyridine rings is 1. The molecule has 216 valence electrons. The number of fused-ring (bicyclic) bond motifs is 1. The number of aliphatic carboxylic acids is 1. The van der Waals surface area contributed by atoms with E-state index >= 15 is 4.39 Å². The van der Waals surface area contributed by atoms with Gasteiger partial charge in [-0.2, -0.15) is 0 Å². The van der Waals surface area contributed by atoms with E-state index in [9.17, 15) is 9.90 Å². The third-order valence-electron chi connectivity index (χ3n) is 9.37. The molecule has 1 unspecified atom stereocenters. The van der Waals surface area contributed by atoms with Crippen molar-refractivity contribution in [3.8, 4) is 22.8 Å². The summed E-state index contributed by atoms with van der Waals surface area (Å²) in [5.74, 6) is 0.111. The van der Waals surface area contributed by atoms with Gasteiger partial charge in [0, 0.05) is 24.2 Å². The summed E-state index contributed by atoms with van der Waals surface area (Å²) in [6.07, 6.45) is 7.33. The lowest BCUT2D eigenvalue weighted by molar-refractivity contribution is -0.142. The molecule has 1 saturated heterocycles. The van der Waals surface area contributed by atoms with Gasteiger partial charge in [-0.15, -0.1) is 0 Å². The summed E-state index contributed by atoms with van der Waals surface area (Å²) in [5, 5.41) is 9.75. The third kappa shape index (κ3) is 5.69. The number of rotatable bonds is 9. The topological polar surface area (TPSA) is 71.9 Å². The van der Waals surface area contributed by atoms with Gasteiger partial charge in [-0.25, -0.2) is 9.37 Å². The van der Waals surface area contributed by atoms with E-state index in [1.54, 1.807) is 13.2 Å². The van der Waals surface area contributed by atoms with Crippen LogP contribution in [0.2, 0.25) is 0 Å². The second-order valence-electron chi connectivity index (χ2n) is 12.1. The molecule has 0 spiro atoms. The van der Waals surface area contributed by atoms with Crippen LogP contribution in [0.1, 0.15) is 80.2 Å². The second-order valence-corrected chi connectivity index (χ2v) is 12.1. The van der Waals surface area contributed by atoms with Gasteiger partial charge in [-0.05, 0) is 97.7 Å². The number of carboxylic acid groups (broad SMARTS) is 1. The summed E-state index contributed by atoms with van der Waals surface area (Å²) < 4.78 is 27.0. The fraction of sp³-hybridized carbons (Fsp3) is 0.471. The SMILES string of the molecule is COc1cc(-c2ccc([C@@H]3CCc4ccc(C(C5CC5)[C@H](C)C(=O)O)cc4O3)cc2CN2CCC[C@@H]2C)c(F)cn1. The lowest BCUT2D eigenvalue weighted by Gasteiger charge is -2.30. The third-order valence-corrected chi connectivity index (χ3v) is 9.37. The van der Waals surface area contributed by atoms with Gasteiger partial charge in [0.05, 0.1) is 19.2 Å². The average Bonchev–Trinajstić information content (AvgIpc) is 3.73. The Morgan fingerprint density at radius 2 is 1.98 bits per heavy atom. The first-order valence-electron chi connectivity index (χ1n) is 14.9. The van der Waals surface area contributed by atoms with E-state index in [0.29, 0.717) is 23.4 Å². The fourth-order valence-corrected chi connectivity index (χ4v) is 6.80. The van der Waals surface area contributed by atoms with Crippen LogP contribution in [-0.4, -0.2) is 40.7 Å². The summed E-state index contributed by atoms with van der Waals surface area (Å²) in [7, 11) is 1.54. The van der Waals surface area contributed by atoms with Gasteiger partial charge < -0.3 is 14.6 Å². The maximum atomic E-state index is 15.1. The highest BCUT2D eigenvalue weighted by Gasteiger charge is 2.39. The highest BCUT2D eigenvalue weighted by molar-refractivity contribution is 5.71. The summed E-state index contributed by atoms with van der Waals surface area (Å²) in [4.78, 5) is 18.4. The van der Waals surface area contributed by atoms with E-state index in [1.165, 1.54) is 19.0 Å². The highest BCUT2D eigenvalue weighted by Crippen LogP contribution is 2.48. The Labute approximate surface area is 241 Å². The number of aryl methyl sites for hydroxylation is 1. The van der Waals surface area contributed by atoms with Crippen LogP contribution in [0.15, 0.2) is 48.7 Å². The van der Waals surface area contributed by atoms with Crippen molar-refractivity contribution in [3.05, 3.63) is 76.7 Å². The van der Waals surface area contributed by atoms with Crippen LogP contribution in [0.3, 0.4) is 0 Å². The molecule has 41 heavy (non-hydrogen) atoms. The van der Waals surface area contributed by atoms with Crippen LogP contribution >= 0.6 is 0 Å². The summed E-state index contributed by atoms with van der Waals surface area (Å²) in [6, 6.07) is 14.7. The van der Waals surface area contributed by atoms with Crippen LogP contribution in [0.4, 0.5) is 4.39 Å². The molecule has 7 heteroatoms. The maximum absolute atomic E-state index is 15.1. The largest absolute Gasteiger partial charge is 0.485 e. The van der Waals surface area contributed by atoms with Crippen LogP contribution in [-0.2, 0) is 17.8 Å². The standard InChI is InChI=1S/C34H39FN2O4/c1-20-5-4-14-37(20)19-26-15-24(10-12-27(26)28-17-32(40-3)36-18-29(28)35)30-13-11-22-6-9-25(16-31(22)41-30)33(23-7-8-23)21(2)34(38)39/h6,9-10,12,15-18,20-21,23,30,33H,4-5,7-8,11,13-14,19H2,1-3H3,(H,38,39)/t20-,21-,30-,33?/m0/s1. The van der Waals surface area contributed by atoms with E-state index in [4.69, 9.17) is 9.47 Å². The van der Waals surface area contributed by atoms with Crippen molar-refractivity contribution in [2.24, 2.45) is 11.8 Å². The van der Waals surface area contributed by atoms with Gasteiger partial charge in [0.2, 0.25) is 5.88 Å². The zero-order chi connectivity index (χ0) is 28.7. The molecule has 3 aromatic rings. The Bertz CT molecular complexity index is 1440. The summed E-state index contributed by atoms with van der Waals surface area (Å²) in [5.41, 5.74) is 5.70. The first kappa shape index (κ1) is 27.7. The Hall–Kier alpha value is -3.45. The predicted molar refractivity (Wildman–Crippen MR) is 156 cm³/mol. The number of hydrogen-bond acceptors (Lipinski definition) is 5. The van der Waals surface area contributed by atoms with E-state index in [0.717, 1.165) is 72.3 Å². The van der Waals surface area contributed by atoms with Crippen LogP contribution in [0, 0.1) is 17.7 Å². The molecule has 3 aliphatic rings. The first-order valence-corrected chi connectivity index (χ1v) is 14.9. The molecular formula is C34H39FN2O4. The number of likely N-dealkylation sites (tertiary alicyclic amines) is 1. The molecule has 2 aliphatic heterocycles. The number of methoxy groups -OCH3 is 1. The number of ether oxygens (including phenoxy) is 2. The number of carbonyl (C=O) groups is 1. The average molecular weight is 559 g/mol. The molecule has 3 heterocycles. The molecule has 2 fully saturated rings. The molecule has 1 aromatic heterocycles. The van der Waals surface area contributed by atoms with Crippen molar-refractivity contribution >= 4 is 5.97 Å². The van der Waals surface area contributed by atoms with Gasteiger partial charge >= 0.3 is 5.97 Å². The molecular weight excluding hydrogens is 519 g/mol. The Kier molecular flexibility index (Phi) is 7.73. The Morgan fingerprint density at radius 3 is 2.68 bits per heavy atom. The molecule has 0 radical (unpaired) electrons. The number of benzene rings is 2. The van der Waals surface area contributed by atoms with E-state index in [-0.39, 0.29) is 17.8 Å².